The zero-order chi connectivity index (χ0) is 27.1. The minimum absolute atomic E-state index is 0.00915. The SMILES string of the molecule is CCOc1cc(/C=N\NC(=O)c2cc3ccccc3cc2OC)cc(Br)c1OCc1cccc([N+](=O)[O-])c1. The molecule has 0 saturated heterocycles. The van der Waals surface area contributed by atoms with Crippen molar-refractivity contribution in [3.63, 3.8) is 0 Å². The number of nitrogens with zero attached hydrogens (tertiary/aromatic N) is 2. The Morgan fingerprint density at radius 1 is 1.03 bits per heavy atom. The molecule has 1 N–H and O–H groups in total. The number of nitrogens with one attached hydrogen (secondary N) is 1. The molecule has 0 fully saturated rings. The van der Waals surface area contributed by atoms with E-state index in [1.54, 1.807) is 30.3 Å². The Balaban J connectivity index is 1.50. The van der Waals surface area contributed by atoms with Crippen molar-refractivity contribution < 1.29 is 23.9 Å². The van der Waals surface area contributed by atoms with Crippen molar-refractivity contribution in [2.75, 3.05) is 13.7 Å². The lowest BCUT2D eigenvalue weighted by atomic mass is 10.1. The summed E-state index contributed by atoms with van der Waals surface area (Å²) in [5, 5.41) is 17.0. The van der Waals surface area contributed by atoms with E-state index in [1.807, 2.05) is 37.3 Å². The Morgan fingerprint density at radius 2 is 1.79 bits per heavy atom. The monoisotopic (exact) mass is 577 g/mol. The third kappa shape index (κ3) is 6.27. The van der Waals surface area contributed by atoms with E-state index in [9.17, 15) is 14.9 Å². The maximum atomic E-state index is 12.8. The maximum Gasteiger partial charge on any atom is 0.275 e. The number of nitro benzene ring substituents is 1. The van der Waals surface area contributed by atoms with E-state index in [0.717, 1.165) is 10.8 Å². The Morgan fingerprint density at radius 3 is 2.50 bits per heavy atom. The van der Waals surface area contributed by atoms with Gasteiger partial charge < -0.3 is 14.2 Å². The summed E-state index contributed by atoms with van der Waals surface area (Å²) < 4.78 is 17.7. The number of methoxy groups -OCH3 is 1. The molecule has 194 valence electrons. The molecule has 4 rings (SSSR count). The van der Waals surface area contributed by atoms with Crippen molar-refractivity contribution in [1.29, 1.82) is 0 Å². The van der Waals surface area contributed by atoms with Gasteiger partial charge in [-0.3, -0.25) is 14.9 Å². The van der Waals surface area contributed by atoms with Gasteiger partial charge in [-0.2, -0.15) is 5.10 Å². The highest BCUT2D eigenvalue weighted by Gasteiger charge is 2.15. The molecule has 0 bridgehead atoms. The van der Waals surface area contributed by atoms with Gasteiger partial charge in [-0.25, -0.2) is 5.43 Å². The summed E-state index contributed by atoms with van der Waals surface area (Å²) in [6, 6.07) is 21.0. The number of hydrogen-bond donors (Lipinski definition) is 1. The topological polar surface area (TPSA) is 112 Å². The number of amides is 1. The Labute approximate surface area is 227 Å². The van der Waals surface area contributed by atoms with Crippen LogP contribution in [-0.4, -0.2) is 30.8 Å². The van der Waals surface area contributed by atoms with Crippen LogP contribution in [-0.2, 0) is 6.61 Å². The average molecular weight is 578 g/mol. The van der Waals surface area contributed by atoms with E-state index in [0.29, 0.717) is 45.0 Å². The summed E-state index contributed by atoms with van der Waals surface area (Å²) in [6.45, 7) is 2.34. The van der Waals surface area contributed by atoms with Gasteiger partial charge in [-0.1, -0.05) is 36.4 Å². The van der Waals surface area contributed by atoms with E-state index in [1.165, 1.54) is 25.5 Å². The van der Waals surface area contributed by atoms with Gasteiger partial charge in [0, 0.05) is 12.1 Å². The van der Waals surface area contributed by atoms with Gasteiger partial charge >= 0.3 is 0 Å². The minimum atomic E-state index is -0.450. The number of carbonyl (C=O) groups excluding carboxylic acids is 1. The smallest absolute Gasteiger partial charge is 0.275 e. The highest BCUT2D eigenvalue weighted by atomic mass is 79.9. The van der Waals surface area contributed by atoms with Crippen LogP contribution in [0.15, 0.2) is 82.4 Å². The number of hydrogen-bond acceptors (Lipinski definition) is 7. The molecular formula is C28H24BrN3O6. The summed E-state index contributed by atoms with van der Waals surface area (Å²) in [5.41, 5.74) is 4.19. The molecule has 1 amide bonds. The van der Waals surface area contributed by atoms with E-state index < -0.39 is 10.8 Å². The van der Waals surface area contributed by atoms with Crippen molar-refractivity contribution in [2.24, 2.45) is 5.10 Å². The maximum absolute atomic E-state index is 12.8. The van der Waals surface area contributed by atoms with E-state index in [4.69, 9.17) is 14.2 Å². The molecule has 0 unspecified atom stereocenters. The van der Waals surface area contributed by atoms with Gasteiger partial charge in [-0.15, -0.1) is 0 Å². The molecule has 0 heterocycles. The number of hydrazone groups is 1. The minimum Gasteiger partial charge on any atom is -0.496 e. The molecule has 0 aliphatic carbocycles. The lowest BCUT2D eigenvalue weighted by Crippen LogP contribution is -2.18. The Bertz CT molecular complexity index is 1520. The highest BCUT2D eigenvalue weighted by molar-refractivity contribution is 9.10. The van der Waals surface area contributed by atoms with Gasteiger partial charge in [-0.05, 0) is 69.0 Å². The van der Waals surface area contributed by atoms with Crippen molar-refractivity contribution in [3.8, 4) is 17.2 Å². The lowest BCUT2D eigenvalue weighted by Gasteiger charge is -2.14. The largest absolute Gasteiger partial charge is 0.496 e. The number of halogens is 1. The average Bonchev–Trinajstić information content (AvgIpc) is 2.92. The van der Waals surface area contributed by atoms with Crippen LogP contribution in [0.1, 0.15) is 28.4 Å². The van der Waals surface area contributed by atoms with Crippen molar-refractivity contribution in [2.45, 2.75) is 13.5 Å². The zero-order valence-corrected chi connectivity index (χ0v) is 22.2. The van der Waals surface area contributed by atoms with Crippen LogP contribution >= 0.6 is 15.9 Å². The van der Waals surface area contributed by atoms with Crippen LogP contribution in [0.3, 0.4) is 0 Å². The molecule has 0 aliphatic heterocycles. The molecule has 0 aliphatic rings. The highest BCUT2D eigenvalue weighted by Crippen LogP contribution is 2.37. The summed E-state index contributed by atoms with van der Waals surface area (Å²) in [5.74, 6) is 0.935. The van der Waals surface area contributed by atoms with Gasteiger partial charge in [0.05, 0.1) is 34.9 Å². The van der Waals surface area contributed by atoms with Crippen molar-refractivity contribution in [1.82, 2.24) is 5.43 Å². The molecule has 0 atom stereocenters. The van der Waals surface area contributed by atoms with Crippen LogP contribution in [0.4, 0.5) is 5.69 Å². The molecule has 0 saturated carbocycles. The standard InChI is InChI=1S/C28H24BrN3O6/c1-3-37-26-13-19(12-24(29)27(26)38-17-18-7-6-10-22(11-18)32(34)35)16-30-31-28(33)23-14-20-8-4-5-9-21(20)15-25(23)36-2/h4-16H,3,17H2,1-2H3,(H,31,33)/b30-16-. The molecule has 0 radical (unpaired) electrons. The summed E-state index contributed by atoms with van der Waals surface area (Å²) >= 11 is 3.50. The number of fused-ring (bicyclic) bond motifs is 1. The zero-order valence-electron chi connectivity index (χ0n) is 20.6. The normalized spacial score (nSPS) is 10.9. The van der Waals surface area contributed by atoms with Gasteiger partial charge in [0.1, 0.15) is 12.4 Å². The molecule has 0 aromatic heterocycles. The third-order valence-electron chi connectivity index (χ3n) is 5.53. The fourth-order valence-corrected chi connectivity index (χ4v) is 4.35. The second kappa shape index (κ2) is 12.2. The Hall–Kier alpha value is -4.44. The summed E-state index contributed by atoms with van der Waals surface area (Å²) in [4.78, 5) is 23.4. The number of carbonyl (C=O) groups is 1. The fraction of sp³-hybridized carbons (Fsp3) is 0.143. The van der Waals surface area contributed by atoms with E-state index in [-0.39, 0.29) is 12.3 Å². The van der Waals surface area contributed by atoms with Crippen LogP contribution in [0, 0.1) is 10.1 Å². The quantitative estimate of drug-likeness (QED) is 0.135. The Kier molecular flexibility index (Phi) is 8.55. The summed E-state index contributed by atoms with van der Waals surface area (Å²) in [7, 11) is 1.51. The fourth-order valence-electron chi connectivity index (χ4n) is 3.77. The van der Waals surface area contributed by atoms with Crippen molar-refractivity contribution in [3.05, 3.63) is 104 Å². The number of rotatable bonds is 10. The number of ether oxygens (including phenoxy) is 3. The molecule has 38 heavy (non-hydrogen) atoms. The predicted molar refractivity (Wildman–Crippen MR) is 148 cm³/mol. The second-order valence-electron chi connectivity index (χ2n) is 8.08. The first-order valence-electron chi connectivity index (χ1n) is 11.6. The van der Waals surface area contributed by atoms with E-state index >= 15 is 0 Å². The number of benzene rings is 4. The van der Waals surface area contributed by atoms with Gasteiger partial charge in [0.15, 0.2) is 11.5 Å². The molecular weight excluding hydrogens is 554 g/mol. The van der Waals surface area contributed by atoms with Crippen molar-refractivity contribution >= 4 is 44.5 Å². The number of non-ortho nitro benzene ring substituents is 1. The first-order chi connectivity index (χ1) is 18.4. The molecule has 9 nitrogen and oxygen atoms in total. The molecule has 4 aromatic rings. The molecule has 0 spiro atoms. The lowest BCUT2D eigenvalue weighted by molar-refractivity contribution is -0.384. The van der Waals surface area contributed by atoms with Gasteiger partial charge in [0.2, 0.25) is 0 Å². The molecule has 10 heteroatoms. The van der Waals surface area contributed by atoms with Crippen LogP contribution in [0.25, 0.3) is 10.8 Å². The van der Waals surface area contributed by atoms with Gasteiger partial charge in [0.25, 0.3) is 11.6 Å². The van der Waals surface area contributed by atoms with Crippen LogP contribution in [0.2, 0.25) is 0 Å². The number of nitro groups is 1. The van der Waals surface area contributed by atoms with Crippen LogP contribution in [0.5, 0.6) is 17.2 Å². The van der Waals surface area contributed by atoms with E-state index in [2.05, 4.69) is 26.5 Å². The second-order valence-corrected chi connectivity index (χ2v) is 8.93. The predicted octanol–water partition coefficient (Wildman–Crippen LogP) is 6.26. The first-order valence-corrected chi connectivity index (χ1v) is 12.4. The van der Waals surface area contributed by atoms with Crippen LogP contribution < -0.4 is 19.6 Å². The third-order valence-corrected chi connectivity index (χ3v) is 6.12. The molecule has 4 aromatic carbocycles. The first kappa shape index (κ1) is 26.6. The summed E-state index contributed by atoms with van der Waals surface area (Å²) in [6.07, 6.45) is 1.49.